The number of aliphatic carboxylic acids is 1. The molecule has 20 heavy (non-hydrogen) atoms. The molecule has 1 aromatic carbocycles. The molecule has 0 unspecified atom stereocenters. The Hall–Kier alpha value is -2.37. The quantitative estimate of drug-likeness (QED) is 0.519. The van der Waals surface area contributed by atoms with Crippen molar-refractivity contribution in [1.29, 1.82) is 0 Å². The van der Waals surface area contributed by atoms with E-state index in [0.29, 0.717) is 11.3 Å². The van der Waals surface area contributed by atoms with Crippen LogP contribution in [0.25, 0.3) is 6.08 Å². The van der Waals surface area contributed by atoms with Crippen molar-refractivity contribution in [3.63, 3.8) is 0 Å². The van der Waals surface area contributed by atoms with E-state index >= 15 is 0 Å². The second-order valence-corrected chi connectivity index (χ2v) is 4.72. The summed E-state index contributed by atoms with van der Waals surface area (Å²) in [5.41, 5.74) is 1.15. The maximum atomic E-state index is 11.2. The molecule has 0 spiro atoms. The highest BCUT2D eigenvalue weighted by Crippen LogP contribution is 2.31. The third kappa shape index (κ3) is 3.34. The molecule has 0 bridgehead atoms. The molecular weight excluding hydrogens is 260 g/mol. The molecule has 0 atom stereocenters. The van der Waals surface area contributed by atoms with E-state index in [1.54, 1.807) is 12.1 Å². The second kappa shape index (κ2) is 6.18. The summed E-state index contributed by atoms with van der Waals surface area (Å²) in [6.07, 6.45) is 5.56. The number of carboxylic acids is 1. The Morgan fingerprint density at radius 3 is 2.60 bits per heavy atom. The zero-order valence-electron chi connectivity index (χ0n) is 11.0. The van der Waals surface area contributed by atoms with E-state index in [1.807, 2.05) is 4.90 Å². The highest BCUT2D eigenvalue weighted by Gasteiger charge is 2.21. The molecule has 0 saturated carbocycles. The first-order valence-corrected chi connectivity index (χ1v) is 6.52. The van der Waals surface area contributed by atoms with Gasteiger partial charge in [0.25, 0.3) is 5.69 Å². The average Bonchev–Trinajstić information content (AvgIpc) is 2.45. The van der Waals surface area contributed by atoms with Crippen LogP contribution < -0.4 is 4.90 Å². The van der Waals surface area contributed by atoms with Gasteiger partial charge in [-0.05, 0) is 37.0 Å². The van der Waals surface area contributed by atoms with Gasteiger partial charge in [0.1, 0.15) is 5.69 Å². The molecule has 1 aromatic rings. The third-order valence-electron chi connectivity index (χ3n) is 3.31. The van der Waals surface area contributed by atoms with Crippen LogP contribution in [0.5, 0.6) is 0 Å². The molecule has 1 heterocycles. The molecule has 1 aliphatic rings. The SMILES string of the molecule is O=C(O)C=Cc1ccc(N2CCCCC2)c([N+](=O)[O-])c1. The summed E-state index contributed by atoms with van der Waals surface area (Å²) in [7, 11) is 0. The van der Waals surface area contributed by atoms with Crippen LogP contribution >= 0.6 is 0 Å². The van der Waals surface area contributed by atoms with E-state index in [1.165, 1.54) is 12.1 Å². The minimum absolute atomic E-state index is 0.0273. The highest BCUT2D eigenvalue weighted by molar-refractivity contribution is 5.85. The van der Waals surface area contributed by atoms with Crippen molar-refractivity contribution in [3.8, 4) is 0 Å². The summed E-state index contributed by atoms with van der Waals surface area (Å²) < 4.78 is 0. The van der Waals surface area contributed by atoms with Gasteiger partial charge in [0, 0.05) is 25.2 Å². The predicted octanol–water partition coefficient (Wildman–Crippen LogP) is 2.68. The zero-order chi connectivity index (χ0) is 14.5. The third-order valence-corrected chi connectivity index (χ3v) is 3.31. The average molecular weight is 276 g/mol. The van der Waals surface area contributed by atoms with E-state index in [0.717, 1.165) is 38.4 Å². The lowest BCUT2D eigenvalue weighted by Crippen LogP contribution is -2.29. The number of nitro groups is 1. The van der Waals surface area contributed by atoms with Crippen LogP contribution in [0.2, 0.25) is 0 Å². The molecule has 1 fully saturated rings. The van der Waals surface area contributed by atoms with E-state index < -0.39 is 10.9 Å². The van der Waals surface area contributed by atoms with Gasteiger partial charge >= 0.3 is 5.97 Å². The van der Waals surface area contributed by atoms with Crippen LogP contribution in [0.3, 0.4) is 0 Å². The van der Waals surface area contributed by atoms with Gasteiger partial charge in [0.05, 0.1) is 4.92 Å². The van der Waals surface area contributed by atoms with Gasteiger partial charge in [0.15, 0.2) is 0 Å². The fourth-order valence-electron chi connectivity index (χ4n) is 2.36. The molecule has 0 aliphatic carbocycles. The summed E-state index contributed by atoms with van der Waals surface area (Å²) in [6, 6.07) is 4.82. The molecule has 2 rings (SSSR count). The maximum Gasteiger partial charge on any atom is 0.328 e. The molecule has 6 nitrogen and oxygen atoms in total. The lowest BCUT2D eigenvalue weighted by Gasteiger charge is -2.28. The van der Waals surface area contributed by atoms with Crippen molar-refractivity contribution in [1.82, 2.24) is 0 Å². The van der Waals surface area contributed by atoms with Crippen molar-refractivity contribution in [3.05, 3.63) is 40.0 Å². The van der Waals surface area contributed by atoms with E-state index in [9.17, 15) is 14.9 Å². The van der Waals surface area contributed by atoms with Gasteiger partial charge in [-0.3, -0.25) is 10.1 Å². The van der Waals surface area contributed by atoms with E-state index in [2.05, 4.69) is 0 Å². The number of rotatable bonds is 4. The van der Waals surface area contributed by atoms with Crippen LogP contribution in [0.1, 0.15) is 24.8 Å². The largest absolute Gasteiger partial charge is 0.478 e. The Kier molecular flexibility index (Phi) is 4.34. The van der Waals surface area contributed by atoms with Crippen LogP contribution in [-0.4, -0.2) is 29.1 Å². The summed E-state index contributed by atoms with van der Waals surface area (Å²) >= 11 is 0. The number of piperidine rings is 1. The summed E-state index contributed by atoms with van der Waals surface area (Å²) in [5.74, 6) is -1.08. The highest BCUT2D eigenvalue weighted by atomic mass is 16.6. The second-order valence-electron chi connectivity index (χ2n) is 4.72. The van der Waals surface area contributed by atoms with Crippen LogP contribution in [0, 0.1) is 10.1 Å². The first-order valence-electron chi connectivity index (χ1n) is 6.52. The van der Waals surface area contributed by atoms with Gasteiger partial charge in [-0.15, -0.1) is 0 Å². The number of anilines is 1. The molecule has 0 aromatic heterocycles. The number of hydrogen-bond donors (Lipinski definition) is 1. The van der Waals surface area contributed by atoms with Crippen molar-refractivity contribution < 1.29 is 14.8 Å². The van der Waals surface area contributed by atoms with E-state index in [-0.39, 0.29) is 5.69 Å². The van der Waals surface area contributed by atoms with Gasteiger partial charge in [0.2, 0.25) is 0 Å². The first kappa shape index (κ1) is 14.0. The molecule has 1 aliphatic heterocycles. The number of nitrogens with zero attached hydrogens (tertiary/aromatic N) is 2. The molecule has 106 valence electrons. The Balaban J connectivity index is 2.32. The van der Waals surface area contributed by atoms with Gasteiger partial charge in [-0.2, -0.15) is 0 Å². The maximum absolute atomic E-state index is 11.2. The van der Waals surface area contributed by atoms with E-state index in [4.69, 9.17) is 5.11 Å². The van der Waals surface area contributed by atoms with Crippen LogP contribution in [0.4, 0.5) is 11.4 Å². The fraction of sp³-hybridized carbons (Fsp3) is 0.357. The smallest absolute Gasteiger partial charge is 0.328 e. The number of benzene rings is 1. The summed E-state index contributed by atoms with van der Waals surface area (Å²) in [4.78, 5) is 23.3. The zero-order valence-corrected chi connectivity index (χ0v) is 11.0. The predicted molar refractivity (Wildman–Crippen MR) is 75.8 cm³/mol. The lowest BCUT2D eigenvalue weighted by atomic mass is 10.1. The molecule has 1 saturated heterocycles. The van der Waals surface area contributed by atoms with Crippen molar-refractivity contribution >= 4 is 23.4 Å². The number of nitro benzene ring substituents is 1. The minimum Gasteiger partial charge on any atom is -0.478 e. The monoisotopic (exact) mass is 276 g/mol. The molecule has 1 N–H and O–H groups in total. The Morgan fingerprint density at radius 1 is 1.30 bits per heavy atom. The molecule has 0 radical (unpaired) electrons. The summed E-state index contributed by atoms with van der Waals surface area (Å²) in [5, 5.41) is 19.8. The Morgan fingerprint density at radius 2 is 2.00 bits per heavy atom. The van der Waals surface area contributed by atoms with Crippen molar-refractivity contribution in [2.45, 2.75) is 19.3 Å². The fourth-order valence-corrected chi connectivity index (χ4v) is 2.36. The molecule has 6 heteroatoms. The number of carbonyl (C=O) groups is 1. The van der Waals surface area contributed by atoms with Gasteiger partial charge < -0.3 is 10.0 Å². The van der Waals surface area contributed by atoms with Gasteiger partial charge in [-0.1, -0.05) is 6.07 Å². The molecular formula is C14H16N2O4. The lowest BCUT2D eigenvalue weighted by molar-refractivity contribution is -0.384. The number of carboxylic acid groups (broad SMARTS) is 1. The molecule has 0 amide bonds. The standard InChI is InChI=1S/C14H16N2O4/c17-14(18)7-5-11-4-6-12(13(10-11)16(19)20)15-8-2-1-3-9-15/h4-7,10H,1-3,8-9H2,(H,17,18). The normalized spacial score (nSPS) is 15.5. The summed E-state index contributed by atoms with van der Waals surface area (Å²) in [6.45, 7) is 1.65. The first-order chi connectivity index (χ1) is 9.58. The topological polar surface area (TPSA) is 83.7 Å². The Labute approximate surface area is 116 Å². The Bertz CT molecular complexity index is 548. The minimum atomic E-state index is -1.08. The van der Waals surface area contributed by atoms with Crippen molar-refractivity contribution in [2.75, 3.05) is 18.0 Å². The van der Waals surface area contributed by atoms with Gasteiger partial charge in [-0.25, -0.2) is 4.79 Å². The van der Waals surface area contributed by atoms with Crippen molar-refractivity contribution in [2.24, 2.45) is 0 Å². The van der Waals surface area contributed by atoms with Crippen LogP contribution in [-0.2, 0) is 4.79 Å². The van der Waals surface area contributed by atoms with Crippen LogP contribution in [0.15, 0.2) is 24.3 Å². The number of hydrogen-bond acceptors (Lipinski definition) is 4.